The summed E-state index contributed by atoms with van der Waals surface area (Å²) in [4.78, 5) is 13.2. The number of nitrogens with two attached hydrogens (primary N) is 1. The molecule has 1 unspecified atom stereocenters. The number of aryl methyl sites for hydroxylation is 2. The summed E-state index contributed by atoms with van der Waals surface area (Å²) in [6, 6.07) is 9.76. The van der Waals surface area contributed by atoms with E-state index in [2.05, 4.69) is 48.0 Å². The van der Waals surface area contributed by atoms with Crippen molar-refractivity contribution in [3.8, 4) is 0 Å². The summed E-state index contributed by atoms with van der Waals surface area (Å²) >= 11 is 0. The number of benzene rings is 1. The van der Waals surface area contributed by atoms with E-state index in [4.69, 9.17) is 4.79 Å². The van der Waals surface area contributed by atoms with Crippen molar-refractivity contribution < 1.29 is 31.6 Å². The van der Waals surface area contributed by atoms with Crippen molar-refractivity contribution in [3.05, 3.63) is 77.3 Å². The molecule has 1 atom stereocenters. The van der Waals surface area contributed by atoms with E-state index in [0.717, 1.165) is 41.0 Å². The third kappa shape index (κ3) is 5.53. The van der Waals surface area contributed by atoms with E-state index in [1.54, 1.807) is 6.07 Å². The summed E-state index contributed by atoms with van der Waals surface area (Å²) < 4.78 is 16.6. The van der Waals surface area contributed by atoms with Gasteiger partial charge in [-0.2, -0.15) is 6.42 Å². The number of aromatic nitrogens is 2. The molecule has 28 heavy (non-hydrogen) atoms. The fraction of sp³-hybridized carbons (Fsp3) is 0.318. The van der Waals surface area contributed by atoms with Crippen LogP contribution in [0.5, 0.6) is 0 Å². The molecule has 6 heteroatoms. The zero-order valence-corrected chi connectivity index (χ0v) is 18.9. The van der Waals surface area contributed by atoms with E-state index in [9.17, 15) is 4.39 Å². The molecule has 0 saturated carbocycles. The normalized spacial score (nSPS) is 11.3. The number of carbonyl (C=O) groups excluding carboxylic acids is 1. The van der Waals surface area contributed by atoms with Crippen LogP contribution in [0.2, 0.25) is 0 Å². The number of hydrogen-bond acceptors (Lipinski definition) is 2. The first-order chi connectivity index (χ1) is 12.9. The summed E-state index contributed by atoms with van der Waals surface area (Å²) in [5, 5.41) is 0. The van der Waals surface area contributed by atoms with Gasteiger partial charge in [0.25, 0.3) is 0 Å². The van der Waals surface area contributed by atoms with Crippen LogP contribution in [0.1, 0.15) is 53.8 Å². The van der Waals surface area contributed by atoms with Crippen molar-refractivity contribution in [1.82, 2.24) is 9.38 Å². The first-order valence-electron chi connectivity index (χ1n) is 9.12. The molecule has 0 aliphatic heterocycles. The van der Waals surface area contributed by atoms with Crippen LogP contribution in [-0.2, 0) is 33.6 Å². The number of hydrogen-bond donors (Lipinski definition) is 1. The van der Waals surface area contributed by atoms with E-state index in [1.165, 1.54) is 5.56 Å². The minimum absolute atomic E-state index is 0. The predicted octanol–water partition coefficient (Wildman–Crippen LogP) is 4.50. The van der Waals surface area contributed by atoms with Crippen LogP contribution in [0.3, 0.4) is 0 Å². The van der Waals surface area contributed by atoms with Gasteiger partial charge >= 0.3 is 0 Å². The van der Waals surface area contributed by atoms with Crippen LogP contribution < -0.4 is 5.73 Å². The fourth-order valence-corrected chi connectivity index (χ4v) is 3.31. The second-order valence-corrected chi connectivity index (χ2v) is 6.64. The molecule has 1 radical (unpaired) electrons. The van der Waals surface area contributed by atoms with Gasteiger partial charge in [0.15, 0.2) is 0 Å². The largest absolute Gasteiger partial charge is 0.372 e. The van der Waals surface area contributed by atoms with Crippen molar-refractivity contribution in [2.45, 2.75) is 46.0 Å². The van der Waals surface area contributed by atoms with E-state index in [-0.39, 0.29) is 40.5 Å². The topological polar surface area (TPSA) is 60.4 Å². The standard InChI is InChI=1S/C21H24FN2.CH3NO.Nb/c1-5-17(6-2)18-8-7-16(12-19(18)22)13-20-15(4)23-21-11-14(3)9-10-24(20)21;2-1-3;/h7-12,17H,1,5-6,13H2,2-4H3;1H,(H2,2,3);/q-1;;. The zero-order valence-electron chi connectivity index (χ0n) is 16.7. The van der Waals surface area contributed by atoms with Gasteiger partial charge in [0, 0.05) is 40.7 Å². The summed E-state index contributed by atoms with van der Waals surface area (Å²) in [7, 11) is 0. The van der Waals surface area contributed by atoms with E-state index in [1.807, 2.05) is 25.3 Å². The van der Waals surface area contributed by atoms with Crippen molar-refractivity contribution in [2.75, 3.05) is 0 Å². The Kier molecular flexibility index (Phi) is 9.59. The van der Waals surface area contributed by atoms with Crippen LogP contribution in [0.15, 0.2) is 36.5 Å². The summed E-state index contributed by atoms with van der Waals surface area (Å²) in [6.45, 7) is 10.1. The first kappa shape index (κ1) is 24.1. The van der Waals surface area contributed by atoms with E-state index < -0.39 is 0 Å². The minimum Gasteiger partial charge on any atom is -0.372 e. The molecular formula is C22H27FN3NbO-. The number of halogens is 1. The quantitative estimate of drug-likeness (QED) is 0.346. The summed E-state index contributed by atoms with van der Waals surface area (Å²) in [6.07, 6.45) is 4.60. The van der Waals surface area contributed by atoms with Gasteiger partial charge in [0.1, 0.15) is 11.5 Å². The van der Waals surface area contributed by atoms with Crippen molar-refractivity contribution >= 4 is 12.1 Å². The Labute approximate surface area is 181 Å². The summed E-state index contributed by atoms with van der Waals surface area (Å²) in [5.41, 5.74) is 10.2. The second kappa shape index (κ2) is 11.1. The Balaban J connectivity index is 0.000000921. The molecule has 3 rings (SSSR count). The number of rotatable bonds is 5. The van der Waals surface area contributed by atoms with Crippen molar-refractivity contribution in [2.24, 2.45) is 5.73 Å². The second-order valence-electron chi connectivity index (χ2n) is 6.64. The van der Waals surface area contributed by atoms with Gasteiger partial charge in [-0.15, -0.1) is 0 Å². The maximum absolute atomic E-state index is 14.5. The Morgan fingerprint density at radius 2 is 1.96 bits per heavy atom. The Hall–Kier alpha value is -1.95. The van der Waals surface area contributed by atoms with E-state index >= 15 is 0 Å². The molecule has 2 heterocycles. The fourth-order valence-electron chi connectivity index (χ4n) is 3.31. The van der Waals surface area contributed by atoms with Crippen LogP contribution in [-0.4, -0.2) is 15.8 Å². The molecule has 149 valence electrons. The minimum atomic E-state index is -0.120. The maximum atomic E-state index is 14.5. The number of imidazole rings is 1. The van der Waals surface area contributed by atoms with Gasteiger partial charge in [-0.1, -0.05) is 25.5 Å². The third-order valence-corrected chi connectivity index (χ3v) is 4.80. The van der Waals surface area contributed by atoms with Gasteiger partial charge < -0.3 is 17.1 Å². The van der Waals surface area contributed by atoms with Gasteiger partial charge in [-0.25, -0.2) is 9.37 Å². The average molecular weight is 461 g/mol. The van der Waals surface area contributed by atoms with Crippen molar-refractivity contribution in [3.63, 3.8) is 0 Å². The van der Waals surface area contributed by atoms with Crippen molar-refractivity contribution in [1.29, 1.82) is 0 Å². The monoisotopic (exact) mass is 461 g/mol. The number of amides is 1. The molecule has 0 aliphatic rings. The molecule has 0 saturated heterocycles. The molecule has 0 fully saturated rings. The van der Waals surface area contributed by atoms with Gasteiger partial charge in [-0.3, -0.25) is 4.79 Å². The van der Waals surface area contributed by atoms with Gasteiger partial charge in [-0.05, 0) is 54.7 Å². The SMILES string of the molecule is NC=O.[CH2-]CC(CC)c1ccc(Cc2c(C)nc3cc(C)ccn23)cc1F.[Nb]. The molecule has 1 aromatic carbocycles. The average Bonchev–Trinajstić information content (AvgIpc) is 2.93. The van der Waals surface area contributed by atoms with Crippen LogP contribution in [0, 0.1) is 26.6 Å². The van der Waals surface area contributed by atoms with Gasteiger partial charge in [0.05, 0.1) is 5.69 Å². The molecule has 4 nitrogen and oxygen atoms in total. The van der Waals surface area contributed by atoms with E-state index in [0.29, 0.717) is 6.42 Å². The number of primary amides is 1. The molecule has 0 spiro atoms. The molecule has 0 bridgehead atoms. The van der Waals surface area contributed by atoms with Crippen LogP contribution in [0.25, 0.3) is 5.65 Å². The molecule has 0 aliphatic carbocycles. The molecular weight excluding hydrogens is 434 g/mol. The first-order valence-corrected chi connectivity index (χ1v) is 9.12. The number of pyridine rings is 1. The number of fused-ring (bicyclic) bond motifs is 1. The smallest absolute Gasteiger partial charge is 0.204 e. The summed E-state index contributed by atoms with van der Waals surface area (Å²) in [5.74, 6) is 0.0740. The van der Waals surface area contributed by atoms with Crippen LogP contribution >= 0.6 is 0 Å². The molecule has 3 aromatic rings. The Morgan fingerprint density at radius 3 is 2.54 bits per heavy atom. The van der Waals surface area contributed by atoms with Gasteiger partial charge in [0.2, 0.25) is 6.41 Å². The van der Waals surface area contributed by atoms with Crippen LogP contribution in [0.4, 0.5) is 4.39 Å². The third-order valence-electron chi connectivity index (χ3n) is 4.80. The zero-order chi connectivity index (χ0) is 20.0. The maximum Gasteiger partial charge on any atom is 0.204 e. The molecule has 2 aromatic heterocycles. The predicted molar refractivity (Wildman–Crippen MR) is 107 cm³/mol. The Bertz CT molecular complexity index is 920. The molecule has 2 N–H and O–H groups in total. The Morgan fingerprint density at radius 1 is 1.29 bits per heavy atom. The number of nitrogens with zero attached hydrogens (tertiary/aromatic N) is 2. The number of carbonyl (C=O) groups is 1. The molecule has 1 amide bonds.